The Morgan fingerprint density at radius 2 is 2.14 bits per heavy atom. The van der Waals surface area contributed by atoms with Crippen molar-refractivity contribution in [2.24, 2.45) is 0 Å². The number of ether oxygens (including phenoxy) is 1. The highest BCUT2D eigenvalue weighted by Gasteiger charge is 2.38. The van der Waals surface area contributed by atoms with Crippen molar-refractivity contribution in [2.75, 3.05) is 32.5 Å². The van der Waals surface area contributed by atoms with Gasteiger partial charge in [-0.05, 0) is 19.8 Å². The molecule has 6 nitrogen and oxygen atoms in total. The van der Waals surface area contributed by atoms with Crippen molar-refractivity contribution >= 4 is 21.4 Å². The summed E-state index contributed by atoms with van der Waals surface area (Å²) in [6.07, 6.45) is 3.02. The van der Waals surface area contributed by atoms with Gasteiger partial charge in [-0.3, -0.25) is 4.90 Å². The van der Waals surface area contributed by atoms with E-state index in [-0.39, 0.29) is 12.1 Å². The van der Waals surface area contributed by atoms with Crippen molar-refractivity contribution < 1.29 is 13.2 Å². The van der Waals surface area contributed by atoms with Gasteiger partial charge in [0.1, 0.15) is 0 Å². The van der Waals surface area contributed by atoms with Gasteiger partial charge in [-0.1, -0.05) is 0 Å². The van der Waals surface area contributed by atoms with Crippen LogP contribution in [0.3, 0.4) is 0 Å². The second-order valence-electron chi connectivity index (χ2n) is 6.06. The van der Waals surface area contributed by atoms with E-state index >= 15 is 0 Å². The van der Waals surface area contributed by atoms with E-state index in [0.29, 0.717) is 13.2 Å². The molecule has 3 rings (SSSR count). The minimum absolute atomic E-state index is 0.0191. The molecule has 22 heavy (non-hydrogen) atoms. The fraction of sp³-hybridized carbons (Fsp3) is 0.786. The Morgan fingerprint density at radius 3 is 2.82 bits per heavy atom. The van der Waals surface area contributed by atoms with Gasteiger partial charge in [0.25, 0.3) is 0 Å². The topological polar surface area (TPSA) is 62.7 Å². The maximum atomic E-state index is 12.0. The molecule has 0 bridgehead atoms. The normalized spacial score (nSPS) is 28.3. The van der Waals surface area contributed by atoms with E-state index in [4.69, 9.17) is 4.74 Å². The summed E-state index contributed by atoms with van der Waals surface area (Å²) >= 11 is 1.67. The molecule has 0 spiro atoms. The Bertz CT molecular complexity index is 617. The van der Waals surface area contributed by atoms with Gasteiger partial charge in [-0.15, -0.1) is 11.3 Å². The molecule has 2 fully saturated rings. The zero-order chi connectivity index (χ0) is 15.7. The van der Waals surface area contributed by atoms with Crippen molar-refractivity contribution in [1.29, 1.82) is 0 Å². The van der Waals surface area contributed by atoms with Gasteiger partial charge >= 0.3 is 0 Å². The van der Waals surface area contributed by atoms with E-state index in [1.807, 2.05) is 6.92 Å². The lowest BCUT2D eigenvalue weighted by Crippen LogP contribution is -2.53. The van der Waals surface area contributed by atoms with E-state index < -0.39 is 10.0 Å². The quantitative estimate of drug-likeness (QED) is 0.820. The Morgan fingerprint density at radius 1 is 1.36 bits per heavy atom. The first-order valence-corrected chi connectivity index (χ1v) is 10.4. The number of fused-ring (bicyclic) bond motifs is 1. The number of nitrogens with zero attached hydrogens (tertiary/aromatic N) is 3. The fourth-order valence-electron chi connectivity index (χ4n) is 3.38. The van der Waals surface area contributed by atoms with E-state index in [2.05, 4.69) is 15.3 Å². The summed E-state index contributed by atoms with van der Waals surface area (Å²) in [6, 6.07) is -0.0223. The molecule has 0 radical (unpaired) electrons. The number of hydrogen-bond acceptors (Lipinski definition) is 6. The largest absolute Gasteiger partial charge is 0.375 e. The lowest BCUT2D eigenvalue weighted by Gasteiger charge is -2.38. The van der Waals surface area contributed by atoms with Gasteiger partial charge in [0, 0.05) is 31.6 Å². The molecule has 2 saturated heterocycles. The number of likely N-dealkylation sites (tertiary alicyclic amines) is 1. The Hall–Kier alpha value is -0.540. The molecule has 0 N–H and O–H groups in total. The molecular weight excluding hydrogens is 322 g/mol. The molecule has 1 aromatic heterocycles. The number of hydrogen-bond donors (Lipinski definition) is 0. The van der Waals surface area contributed by atoms with Gasteiger partial charge < -0.3 is 4.74 Å². The maximum Gasteiger partial charge on any atom is 0.211 e. The first-order valence-electron chi connectivity index (χ1n) is 7.65. The van der Waals surface area contributed by atoms with Gasteiger partial charge in [0.05, 0.1) is 35.7 Å². The van der Waals surface area contributed by atoms with Crippen LogP contribution in [0.5, 0.6) is 0 Å². The zero-order valence-corrected chi connectivity index (χ0v) is 14.7. The summed E-state index contributed by atoms with van der Waals surface area (Å²) in [7, 11) is -3.16. The zero-order valence-electron chi connectivity index (χ0n) is 13.1. The smallest absolute Gasteiger partial charge is 0.211 e. The summed E-state index contributed by atoms with van der Waals surface area (Å²) in [5.74, 6) is 0. The second kappa shape index (κ2) is 6.52. The summed E-state index contributed by atoms with van der Waals surface area (Å²) in [5.41, 5.74) is 1.10. The highest BCUT2D eigenvalue weighted by molar-refractivity contribution is 7.88. The summed E-state index contributed by atoms with van der Waals surface area (Å²) in [5, 5.41) is 3.19. The van der Waals surface area contributed by atoms with Crippen LogP contribution in [0.25, 0.3) is 0 Å². The van der Waals surface area contributed by atoms with Gasteiger partial charge in [-0.2, -0.15) is 4.31 Å². The Balaban J connectivity index is 1.68. The number of aryl methyl sites for hydroxylation is 1. The van der Waals surface area contributed by atoms with Crippen LogP contribution < -0.4 is 0 Å². The molecule has 2 atom stereocenters. The van der Waals surface area contributed by atoms with E-state index in [9.17, 15) is 8.42 Å². The number of aromatic nitrogens is 1. The minimum atomic E-state index is -3.16. The van der Waals surface area contributed by atoms with Crippen molar-refractivity contribution in [1.82, 2.24) is 14.2 Å². The van der Waals surface area contributed by atoms with Crippen LogP contribution in [-0.2, 0) is 21.3 Å². The van der Waals surface area contributed by atoms with Crippen molar-refractivity contribution in [3.8, 4) is 0 Å². The molecule has 0 unspecified atom stereocenters. The molecule has 0 aliphatic carbocycles. The third-order valence-electron chi connectivity index (χ3n) is 4.39. The third-order valence-corrected chi connectivity index (χ3v) is 6.52. The molecule has 3 heterocycles. The monoisotopic (exact) mass is 345 g/mol. The molecule has 0 amide bonds. The van der Waals surface area contributed by atoms with Crippen molar-refractivity contribution in [3.05, 3.63) is 16.1 Å². The molecule has 2 aliphatic heterocycles. The number of sulfonamides is 1. The number of morpholine rings is 1. The van der Waals surface area contributed by atoms with Crippen LogP contribution in [0.2, 0.25) is 0 Å². The molecule has 124 valence electrons. The van der Waals surface area contributed by atoms with Crippen LogP contribution in [0.15, 0.2) is 5.38 Å². The molecular formula is C14H23N3O3S2. The number of rotatable bonds is 3. The van der Waals surface area contributed by atoms with Crippen LogP contribution in [-0.4, -0.2) is 67.2 Å². The van der Waals surface area contributed by atoms with E-state index in [1.165, 1.54) is 6.26 Å². The van der Waals surface area contributed by atoms with E-state index in [1.54, 1.807) is 15.6 Å². The second-order valence-corrected chi connectivity index (χ2v) is 9.06. The minimum Gasteiger partial charge on any atom is -0.375 e. The predicted octanol–water partition coefficient (Wildman–Crippen LogP) is 1.08. The van der Waals surface area contributed by atoms with Crippen molar-refractivity contribution in [2.45, 2.75) is 38.5 Å². The third kappa shape index (κ3) is 3.68. The maximum absolute atomic E-state index is 12.0. The first-order chi connectivity index (χ1) is 10.4. The first kappa shape index (κ1) is 16.3. The Labute approximate surface area is 136 Å². The molecule has 1 aromatic rings. The SMILES string of the molecule is Cc1nc(CN2CC[C@H]3OCCN(S(C)(=O)=O)[C@H]3CC2)cs1. The lowest BCUT2D eigenvalue weighted by atomic mass is 10.0. The van der Waals surface area contributed by atoms with Gasteiger partial charge in [0.15, 0.2) is 0 Å². The van der Waals surface area contributed by atoms with E-state index in [0.717, 1.165) is 43.2 Å². The average molecular weight is 345 g/mol. The summed E-state index contributed by atoms with van der Waals surface area (Å²) in [4.78, 5) is 6.88. The summed E-state index contributed by atoms with van der Waals surface area (Å²) in [6.45, 7) is 5.64. The highest BCUT2D eigenvalue weighted by atomic mass is 32.2. The average Bonchev–Trinajstić information content (AvgIpc) is 2.74. The summed E-state index contributed by atoms with van der Waals surface area (Å²) < 4.78 is 31.4. The predicted molar refractivity (Wildman–Crippen MR) is 86.4 cm³/mol. The fourth-order valence-corrected chi connectivity index (χ4v) is 5.12. The highest BCUT2D eigenvalue weighted by Crippen LogP contribution is 2.26. The molecule has 8 heteroatoms. The van der Waals surface area contributed by atoms with Crippen LogP contribution in [0.1, 0.15) is 23.5 Å². The standard InChI is InChI=1S/C14H23N3O3S2/c1-11-15-12(10-21-11)9-16-5-3-13-14(4-6-16)20-8-7-17(13)22(2,18)19/h10,13-14H,3-9H2,1-2H3/t13-,14+/m0/s1. The van der Waals surface area contributed by atoms with Crippen molar-refractivity contribution in [3.63, 3.8) is 0 Å². The van der Waals surface area contributed by atoms with Crippen LogP contribution in [0, 0.1) is 6.92 Å². The van der Waals surface area contributed by atoms with Gasteiger partial charge in [0.2, 0.25) is 10.0 Å². The van der Waals surface area contributed by atoms with Crippen LogP contribution in [0.4, 0.5) is 0 Å². The molecule has 0 aromatic carbocycles. The van der Waals surface area contributed by atoms with Gasteiger partial charge in [-0.25, -0.2) is 13.4 Å². The molecule has 2 aliphatic rings. The Kier molecular flexibility index (Phi) is 4.84. The lowest BCUT2D eigenvalue weighted by molar-refractivity contribution is -0.0407. The molecule has 0 saturated carbocycles. The van der Waals surface area contributed by atoms with Crippen LogP contribution >= 0.6 is 11.3 Å². The number of thiazole rings is 1.